The normalized spacial score (nSPS) is 11.5. The summed E-state index contributed by atoms with van der Waals surface area (Å²) in [7, 11) is 0. The van der Waals surface area contributed by atoms with Crippen LogP contribution in [0, 0.1) is 22.7 Å². The second kappa shape index (κ2) is 6.78. The van der Waals surface area contributed by atoms with E-state index in [0.717, 1.165) is 23.3 Å². The Morgan fingerprint density at radius 3 is 1.27 bits per heavy atom. The monoisotopic (exact) mass is 288 g/mol. The van der Waals surface area contributed by atoms with Gasteiger partial charge in [-0.05, 0) is 11.1 Å². The van der Waals surface area contributed by atoms with Gasteiger partial charge in [-0.25, -0.2) is 0 Å². The number of nitriles is 2. The van der Waals surface area contributed by atoms with E-state index in [0.29, 0.717) is 11.1 Å². The number of hydrogen-bond acceptors (Lipinski definition) is 4. The first-order valence-electron chi connectivity index (χ1n) is 6.44. The van der Waals surface area contributed by atoms with Crippen molar-refractivity contribution in [1.82, 2.24) is 0 Å². The van der Waals surface area contributed by atoms with Crippen molar-refractivity contribution in [3.63, 3.8) is 0 Å². The Kier molecular flexibility index (Phi) is 4.59. The lowest BCUT2D eigenvalue weighted by Gasteiger charge is -2.05. The summed E-state index contributed by atoms with van der Waals surface area (Å²) >= 11 is 0. The summed E-state index contributed by atoms with van der Waals surface area (Å²) in [4.78, 5) is 0. The van der Waals surface area contributed by atoms with Crippen molar-refractivity contribution in [3.8, 4) is 23.3 Å². The predicted molar refractivity (Wildman–Crippen MR) is 84.3 cm³/mol. The molecule has 2 aromatic carbocycles. The molecule has 0 unspecified atom stereocenters. The highest BCUT2D eigenvalue weighted by atomic mass is 16.3. The molecule has 0 aliphatic heterocycles. The molecule has 0 radical (unpaired) electrons. The molecule has 0 atom stereocenters. The van der Waals surface area contributed by atoms with Crippen LogP contribution in [0.15, 0.2) is 60.7 Å². The van der Waals surface area contributed by atoms with Gasteiger partial charge in [0, 0.05) is 11.1 Å². The van der Waals surface area contributed by atoms with Crippen molar-refractivity contribution in [1.29, 1.82) is 10.5 Å². The van der Waals surface area contributed by atoms with Gasteiger partial charge in [-0.15, -0.1) is 0 Å². The SMILES string of the molecule is N#C/C=C(\O)c1ccc(-c2ccc(/C(O)=C/C#N)cc2)cc1. The first kappa shape index (κ1) is 14.9. The maximum absolute atomic E-state index is 9.61. The molecule has 0 heterocycles. The first-order valence-corrected chi connectivity index (χ1v) is 6.44. The van der Waals surface area contributed by atoms with E-state index in [9.17, 15) is 10.2 Å². The van der Waals surface area contributed by atoms with Gasteiger partial charge in [-0.2, -0.15) is 10.5 Å². The molecule has 0 spiro atoms. The van der Waals surface area contributed by atoms with Crippen molar-refractivity contribution in [2.75, 3.05) is 0 Å². The maximum atomic E-state index is 9.61. The van der Waals surface area contributed by atoms with Gasteiger partial charge in [0.1, 0.15) is 11.5 Å². The number of benzene rings is 2. The van der Waals surface area contributed by atoms with Gasteiger partial charge in [0.2, 0.25) is 0 Å². The Morgan fingerprint density at radius 1 is 0.682 bits per heavy atom. The molecule has 2 N–H and O–H groups in total. The van der Waals surface area contributed by atoms with Crippen molar-refractivity contribution in [2.45, 2.75) is 0 Å². The molecule has 0 amide bonds. The minimum atomic E-state index is -0.0732. The summed E-state index contributed by atoms with van der Waals surface area (Å²) in [5.74, 6) is -0.146. The third kappa shape index (κ3) is 3.33. The van der Waals surface area contributed by atoms with Crippen LogP contribution in [-0.2, 0) is 0 Å². The molecule has 2 rings (SSSR count). The third-order valence-electron chi connectivity index (χ3n) is 3.10. The largest absolute Gasteiger partial charge is 0.507 e. The Hall–Kier alpha value is -3.50. The predicted octanol–water partition coefficient (Wildman–Crippen LogP) is 4.20. The Labute approximate surface area is 128 Å². The molecule has 4 heteroatoms. The summed E-state index contributed by atoms with van der Waals surface area (Å²) in [5, 5.41) is 36.2. The van der Waals surface area contributed by atoms with Gasteiger partial charge in [-0.1, -0.05) is 48.5 Å². The molecule has 22 heavy (non-hydrogen) atoms. The van der Waals surface area contributed by atoms with Crippen LogP contribution >= 0.6 is 0 Å². The molecule has 0 saturated carbocycles. The van der Waals surface area contributed by atoms with Crippen LogP contribution in [0.3, 0.4) is 0 Å². The van der Waals surface area contributed by atoms with E-state index in [1.165, 1.54) is 0 Å². The van der Waals surface area contributed by atoms with Crippen molar-refractivity contribution in [3.05, 3.63) is 71.8 Å². The second-order valence-corrected chi connectivity index (χ2v) is 4.47. The molecule has 2 aromatic rings. The van der Waals surface area contributed by atoms with Gasteiger partial charge in [0.25, 0.3) is 0 Å². The number of aliphatic hydroxyl groups is 2. The maximum Gasteiger partial charge on any atom is 0.133 e. The van der Waals surface area contributed by atoms with E-state index in [2.05, 4.69) is 0 Å². The number of hydrogen-bond donors (Lipinski definition) is 2. The molecular formula is C18H12N2O2. The molecule has 0 aliphatic rings. The average Bonchev–Trinajstić information content (AvgIpc) is 2.55. The van der Waals surface area contributed by atoms with Crippen molar-refractivity contribution >= 4 is 11.5 Å². The lowest BCUT2D eigenvalue weighted by molar-refractivity contribution is 0.511. The topological polar surface area (TPSA) is 88.0 Å². The minimum absolute atomic E-state index is 0.0732. The van der Waals surface area contributed by atoms with E-state index in [1.807, 2.05) is 24.3 Å². The molecule has 0 aliphatic carbocycles. The Balaban J connectivity index is 2.27. The standard InChI is InChI=1S/C18H12N2O2/c19-11-9-17(21)15-5-1-13(2-6-15)14-3-7-16(8-4-14)18(22)10-12-20/h1-10,21-22H/b17-9-,18-10-. The first-order chi connectivity index (χ1) is 10.7. The molecular weight excluding hydrogens is 276 g/mol. The third-order valence-corrected chi connectivity index (χ3v) is 3.10. The number of nitrogens with zero attached hydrogens (tertiary/aromatic N) is 2. The Bertz CT molecular complexity index is 731. The van der Waals surface area contributed by atoms with E-state index < -0.39 is 0 Å². The zero-order chi connectivity index (χ0) is 15.9. The Morgan fingerprint density at radius 2 is 1.00 bits per heavy atom. The van der Waals surface area contributed by atoms with Crippen LogP contribution in [0.1, 0.15) is 11.1 Å². The van der Waals surface area contributed by atoms with Gasteiger partial charge in [0.15, 0.2) is 0 Å². The fourth-order valence-electron chi connectivity index (χ4n) is 1.96. The average molecular weight is 288 g/mol. The quantitative estimate of drug-likeness (QED) is 0.654. The smallest absolute Gasteiger partial charge is 0.133 e. The van der Waals surface area contributed by atoms with Gasteiger partial charge in [0.05, 0.1) is 24.3 Å². The van der Waals surface area contributed by atoms with E-state index >= 15 is 0 Å². The van der Waals surface area contributed by atoms with Crippen LogP contribution in [0.5, 0.6) is 0 Å². The molecule has 0 aromatic heterocycles. The highest BCUT2D eigenvalue weighted by molar-refractivity contribution is 5.70. The lowest BCUT2D eigenvalue weighted by Crippen LogP contribution is -1.85. The van der Waals surface area contributed by atoms with Gasteiger partial charge in [-0.3, -0.25) is 0 Å². The van der Waals surface area contributed by atoms with E-state index in [4.69, 9.17) is 10.5 Å². The molecule has 0 fully saturated rings. The fourth-order valence-corrected chi connectivity index (χ4v) is 1.96. The van der Waals surface area contributed by atoms with Gasteiger partial charge < -0.3 is 10.2 Å². The molecule has 106 valence electrons. The molecule has 4 nitrogen and oxygen atoms in total. The fraction of sp³-hybridized carbons (Fsp3) is 0. The summed E-state index contributed by atoms with van der Waals surface area (Å²) < 4.78 is 0. The van der Waals surface area contributed by atoms with E-state index in [-0.39, 0.29) is 11.5 Å². The van der Waals surface area contributed by atoms with Crippen molar-refractivity contribution in [2.24, 2.45) is 0 Å². The second-order valence-electron chi connectivity index (χ2n) is 4.47. The van der Waals surface area contributed by atoms with Crippen LogP contribution < -0.4 is 0 Å². The minimum Gasteiger partial charge on any atom is -0.507 e. The highest BCUT2D eigenvalue weighted by Gasteiger charge is 2.03. The summed E-state index contributed by atoms with van der Waals surface area (Å²) in [6.07, 6.45) is 2.15. The summed E-state index contributed by atoms with van der Waals surface area (Å²) in [6.45, 7) is 0. The van der Waals surface area contributed by atoms with E-state index in [1.54, 1.807) is 36.4 Å². The van der Waals surface area contributed by atoms with Gasteiger partial charge >= 0.3 is 0 Å². The molecule has 0 saturated heterocycles. The number of allylic oxidation sites excluding steroid dienone is 2. The van der Waals surface area contributed by atoms with Crippen LogP contribution in [0.2, 0.25) is 0 Å². The van der Waals surface area contributed by atoms with Crippen LogP contribution in [0.4, 0.5) is 0 Å². The zero-order valence-electron chi connectivity index (χ0n) is 11.6. The zero-order valence-corrected chi connectivity index (χ0v) is 11.6. The van der Waals surface area contributed by atoms with Crippen molar-refractivity contribution < 1.29 is 10.2 Å². The molecule has 0 bridgehead atoms. The summed E-state index contributed by atoms with van der Waals surface area (Å²) in [6, 6.07) is 17.8. The lowest BCUT2D eigenvalue weighted by atomic mass is 10.0. The number of rotatable bonds is 3. The highest BCUT2D eigenvalue weighted by Crippen LogP contribution is 2.23. The van der Waals surface area contributed by atoms with Crippen LogP contribution in [0.25, 0.3) is 22.6 Å². The van der Waals surface area contributed by atoms with Crippen LogP contribution in [-0.4, -0.2) is 10.2 Å². The summed E-state index contributed by atoms with van der Waals surface area (Å²) in [5.41, 5.74) is 3.00. The number of aliphatic hydroxyl groups excluding tert-OH is 2.